The number of rotatable bonds is 7. The lowest BCUT2D eigenvalue weighted by Crippen LogP contribution is -2.41. The Balaban J connectivity index is 1.97. The fourth-order valence-electron chi connectivity index (χ4n) is 2.17. The van der Waals surface area contributed by atoms with Crippen LogP contribution in [0.2, 0.25) is 0 Å². The number of non-ortho nitro benzene ring substituents is 1. The van der Waals surface area contributed by atoms with Gasteiger partial charge >= 0.3 is 0 Å². The van der Waals surface area contributed by atoms with Crippen LogP contribution in [0.15, 0.2) is 48.5 Å². The van der Waals surface area contributed by atoms with Crippen LogP contribution in [0, 0.1) is 16.0 Å². The Kier molecular flexibility index (Phi) is 6.87. The number of hydrogen-bond acceptors (Lipinski definition) is 5. The Bertz CT molecular complexity index is 818. The summed E-state index contributed by atoms with van der Waals surface area (Å²) in [5.74, 6) is -0.200. The van der Waals surface area contributed by atoms with E-state index in [1.54, 1.807) is 24.3 Å². The van der Waals surface area contributed by atoms with Crippen LogP contribution < -0.4 is 15.6 Å². The van der Waals surface area contributed by atoms with Gasteiger partial charge in [-0.25, -0.2) is 0 Å². The third-order valence-electron chi connectivity index (χ3n) is 3.71. The first-order chi connectivity index (χ1) is 12.9. The maximum atomic E-state index is 12.3. The molecule has 0 fully saturated rings. The molecular formula is C19H21N3O5. The van der Waals surface area contributed by atoms with Crippen LogP contribution >= 0.6 is 0 Å². The first-order valence-corrected chi connectivity index (χ1v) is 8.45. The van der Waals surface area contributed by atoms with Crippen molar-refractivity contribution < 1.29 is 19.2 Å². The Morgan fingerprint density at radius 1 is 1.04 bits per heavy atom. The van der Waals surface area contributed by atoms with E-state index in [-0.39, 0.29) is 11.3 Å². The van der Waals surface area contributed by atoms with Crippen LogP contribution in [0.4, 0.5) is 5.69 Å². The minimum Gasteiger partial charge on any atom is -0.493 e. The molecule has 0 heterocycles. The number of ether oxygens (including phenoxy) is 1. The molecule has 0 saturated heterocycles. The maximum absolute atomic E-state index is 12.3. The molecule has 0 aliphatic heterocycles. The summed E-state index contributed by atoms with van der Waals surface area (Å²) < 4.78 is 5.66. The van der Waals surface area contributed by atoms with E-state index in [2.05, 4.69) is 24.7 Å². The summed E-state index contributed by atoms with van der Waals surface area (Å²) in [6.45, 7) is 4.64. The number of carbonyl (C=O) groups excluding carboxylic acids is 2. The van der Waals surface area contributed by atoms with E-state index in [1.807, 2.05) is 0 Å². The number of nitro groups is 1. The van der Waals surface area contributed by atoms with Crippen LogP contribution in [0.25, 0.3) is 0 Å². The molecule has 0 aromatic heterocycles. The number of carbonyl (C=O) groups is 2. The van der Waals surface area contributed by atoms with Crippen LogP contribution in [0.5, 0.6) is 5.75 Å². The number of benzene rings is 2. The summed E-state index contributed by atoms with van der Waals surface area (Å²) in [6.07, 6.45) is 0.854. The van der Waals surface area contributed by atoms with E-state index in [4.69, 9.17) is 4.74 Å². The summed E-state index contributed by atoms with van der Waals surface area (Å²) in [7, 11) is 0. The van der Waals surface area contributed by atoms with Gasteiger partial charge in [0.05, 0.1) is 17.1 Å². The standard InChI is InChI=1S/C19H21N3O5/c1-13(2)11-12-27-17-6-4-3-5-16(17)19(24)21-20-18(23)14-7-9-15(10-8-14)22(25)26/h3-10,13H,11-12H2,1-2H3,(H,20,23)(H,21,24). The minimum atomic E-state index is -0.587. The van der Waals surface area contributed by atoms with Crippen molar-refractivity contribution in [2.24, 2.45) is 5.92 Å². The molecule has 142 valence electrons. The summed E-state index contributed by atoms with van der Waals surface area (Å²) in [4.78, 5) is 34.5. The Labute approximate surface area is 156 Å². The normalized spacial score (nSPS) is 10.3. The number of nitrogens with one attached hydrogen (secondary N) is 2. The van der Waals surface area contributed by atoms with Crippen molar-refractivity contribution in [3.63, 3.8) is 0 Å². The predicted octanol–water partition coefficient (Wildman–Crippen LogP) is 3.09. The SMILES string of the molecule is CC(C)CCOc1ccccc1C(=O)NNC(=O)c1ccc([N+](=O)[O-])cc1. The third kappa shape index (κ3) is 5.81. The molecule has 27 heavy (non-hydrogen) atoms. The van der Waals surface area contributed by atoms with Gasteiger partial charge in [-0.1, -0.05) is 26.0 Å². The first kappa shape index (κ1) is 19.9. The molecule has 8 nitrogen and oxygen atoms in total. The molecular weight excluding hydrogens is 350 g/mol. The molecule has 0 spiro atoms. The summed E-state index contributed by atoms with van der Waals surface area (Å²) >= 11 is 0. The van der Waals surface area contributed by atoms with Crippen LogP contribution in [0.3, 0.4) is 0 Å². The predicted molar refractivity (Wildman–Crippen MR) is 99.4 cm³/mol. The van der Waals surface area contributed by atoms with Crippen molar-refractivity contribution >= 4 is 17.5 Å². The average molecular weight is 371 g/mol. The molecule has 0 saturated carbocycles. The number of para-hydroxylation sites is 1. The second kappa shape index (κ2) is 9.33. The topological polar surface area (TPSA) is 111 Å². The highest BCUT2D eigenvalue weighted by atomic mass is 16.6. The molecule has 8 heteroatoms. The summed E-state index contributed by atoms with van der Waals surface area (Å²) in [6, 6.07) is 11.8. The molecule has 0 unspecified atom stereocenters. The Hall–Kier alpha value is -3.42. The molecule has 2 rings (SSSR count). The van der Waals surface area contributed by atoms with Crippen molar-refractivity contribution in [2.45, 2.75) is 20.3 Å². The van der Waals surface area contributed by atoms with Crippen molar-refractivity contribution in [1.82, 2.24) is 10.9 Å². The van der Waals surface area contributed by atoms with Crippen molar-refractivity contribution in [2.75, 3.05) is 6.61 Å². The average Bonchev–Trinajstić information content (AvgIpc) is 2.66. The zero-order chi connectivity index (χ0) is 19.8. The minimum absolute atomic E-state index is 0.122. The van der Waals surface area contributed by atoms with Gasteiger partial charge in [0.2, 0.25) is 0 Å². The van der Waals surface area contributed by atoms with E-state index in [9.17, 15) is 19.7 Å². The molecule has 2 aromatic rings. The van der Waals surface area contributed by atoms with Crippen LogP contribution in [0.1, 0.15) is 41.0 Å². The highest BCUT2D eigenvalue weighted by Crippen LogP contribution is 2.18. The fraction of sp³-hybridized carbons (Fsp3) is 0.263. The van der Waals surface area contributed by atoms with Crippen LogP contribution in [-0.4, -0.2) is 23.3 Å². The molecule has 0 bridgehead atoms. The highest BCUT2D eigenvalue weighted by Gasteiger charge is 2.14. The van der Waals surface area contributed by atoms with Gasteiger partial charge in [-0.15, -0.1) is 0 Å². The third-order valence-corrected chi connectivity index (χ3v) is 3.71. The van der Waals surface area contributed by atoms with E-state index in [0.29, 0.717) is 23.8 Å². The fourth-order valence-corrected chi connectivity index (χ4v) is 2.17. The molecule has 2 aromatic carbocycles. The summed E-state index contributed by atoms with van der Waals surface area (Å²) in [5.41, 5.74) is 4.96. The maximum Gasteiger partial charge on any atom is 0.273 e. The Morgan fingerprint density at radius 3 is 2.30 bits per heavy atom. The second-order valence-electron chi connectivity index (χ2n) is 6.24. The van der Waals surface area contributed by atoms with Gasteiger partial charge in [0, 0.05) is 17.7 Å². The van der Waals surface area contributed by atoms with Gasteiger partial charge in [-0.3, -0.25) is 30.6 Å². The Morgan fingerprint density at radius 2 is 1.67 bits per heavy atom. The van der Waals surface area contributed by atoms with E-state index in [1.165, 1.54) is 24.3 Å². The van der Waals surface area contributed by atoms with Gasteiger partial charge in [0.25, 0.3) is 17.5 Å². The largest absolute Gasteiger partial charge is 0.493 e. The smallest absolute Gasteiger partial charge is 0.273 e. The zero-order valence-corrected chi connectivity index (χ0v) is 15.1. The number of hydrazine groups is 1. The summed E-state index contributed by atoms with van der Waals surface area (Å²) in [5, 5.41) is 10.6. The van der Waals surface area contributed by atoms with Gasteiger partial charge in [0.15, 0.2) is 0 Å². The zero-order valence-electron chi connectivity index (χ0n) is 15.1. The highest BCUT2D eigenvalue weighted by molar-refractivity contribution is 6.00. The number of hydrogen-bond donors (Lipinski definition) is 2. The number of nitro benzene ring substituents is 1. The number of nitrogens with zero attached hydrogens (tertiary/aromatic N) is 1. The molecule has 0 aliphatic rings. The van der Waals surface area contributed by atoms with E-state index in [0.717, 1.165) is 6.42 Å². The lowest BCUT2D eigenvalue weighted by Gasteiger charge is -2.13. The molecule has 2 amide bonds. The lowest BCUT2D eigenvalue weighted by atomic mass is 10.1. The van der Waals surface area contributed by atoms with Crippen LogP contribution in [-0.2, 0) is 0 Å². The van der Waals surface area contributed by atoms with Gasteiger partial charge in [-0.05, 0) is 36.6 Å². The monoisotopic (exact) mass is 371 g/mol. The van der Waals surface area contributed by atoms with Crippen molar-refractivity contribution in [3.8, 4) is 5.75 Å². The lowest BCUT2D eigenvalue weighted by molar-refractivity contribution is -0.384. The first-order valence-electron chi connectivity index (χ1n) is 8.45. The van der Waals surface area contributed by atoms with E-state index < -0.39 is 16.7 Å². The van der Waals surface area contributed by atoms with Gasteiger partial charge in [-0.2, -0.15) is 0 Å². The molecule has 0 radical (unpaired) electrons. The van der Waals surface area contributed by atoms with E-state index >= 15 is 0 Å². The van der Waals surface area contributed by atoms with Crippen molar-refractivity contribution in [1.29, 1.82) is 0 Å². The van der Waals surface area contributed by atoms with Gasteiger partial charge in [0.1, 0.15) is 5.75 Å². The molecule has 0 atom stereocenters. The second-order valence-corrected chi connectivity index (χ2v) is 6.24. The molecule has 0 aliphatic carbocycles. The molecule has 2 N–H and O–H groups in total. The van der Waals surface area contributed by atoms with Crippen molar-refractivity contribution in [3.05, 3.63) is 69.8 Å². The van der Waals surface area contributed by atoms with Gasteiger partial charge < -0.3 is 4.74 Å². The quantitative estimate of drug-likeness (QED) is 0.574. The number of amides is 2.